The molecule has 4 rings (SSSR count). The maximum absolute atomic E-state index is 12.4. The van der Waals surface area contributed by atoms with Crippen molar-refractivity contribution in [3.05, 3.63) is 83.4 Å². The van der Waals surface area contributed by atoms with Crippen LogP contribution in [0.15, 0.2) is 66.7 Å². The molecule has 4 nitrogen and oxygen atoms in total. The molecule has 0 aliphatic carbocycles. The first-order valence-corrected chi connectivity index (χ1v) is 8.54. The SMILES string of the molecule is Cc1ccc(C)c(-c2ccc3c(NC(=O)c4ccccc4)n[nH]c3c2)c1. The van der Waals surface area contributed by atoms with Crippen molar-refractivity contribution in [2.75, 3.05) is 5.32 Å². The van der Waals surface area contributed by atoms with E-state index >= 15 is 0 Å². The Morgan fingerprint density at radius 3 is 2.58 bits per heavy atom. The number of aromatic amines is 1. The van der Waals surface area contributed by atoms with Crippen LogP contribution in [0.3, 0.4) is 0 Å². The molecule has 0 bridgehead atoms. The summed E-state index contributed by atoms with van der Waals surface area (Å²) in [6, 6.07) is 21.7. The molecule has 0 unspecified atom stereocenters. The van der Waals surface area contributed by atoms with Crippen LogP contribution in [0.2, 0.25) is 0 Å². The highest BCUT2D eigenvalue weighted by Crippen LogP contribution is 2.29. The van der Waals surface area contributed by atoms with Crippen LogP contribution in [-0.2, 0) is 0 Å². The number of aryl methyl sites for hydroxylation is 2. The molecule has 2 N–H and O–H groups in total. The van der Waals surface area contributed by atoms with Crippen LogP contribution in [0, 0.1) is 13.8 Å². The van der Waals surface area contributed by atoms with Gasteiger partial charge in [0, 0.05) is 10.9 Å². The quantitative estimate of drug-likeness (QED) is 0.545. The van der Waals surface area contributed by atoms with Gasteiger partial charge in [-0.25, -0.2) is 0 Å². The lowest BCUT2D eigenvalue weighted by Gasteiger charge is -2.08. The number of hydrogen-bond acceptors (Lipinski definition) is 2. The van der Waals surface area contributed by atoms with E-state index < -0.39 is 0 Å². The second-order valence-corrected chi connectivity index (χ2v) is 6.47. The zero-order chi connectivity index (χ0) is 18.1. The van der Waals surface area contributed by atoms with E-state index in [1.165, 1.54) is 16.7 Å². The topological polar surface area (TPSA) is 57.8 Å². The maximum Gasteiger partial charge on any atom is 0.256 e. The molecule has 0 aliphatic rings. The molecule has 0 radical (unpaired) electrons. The van der Waals surface area contributed by atoms with Crippen molar-refractivity contribution in [3.63, 3.8) is 0 Å². The number of anilines is 1. The van der Waals surface area contributed by atoms with Crippen LogP contribution in [0.5, 0.6) is 0 Å². The van der Waals surface area contributed by atoms with Crippen molar-refractivity contribution < 1.29 is 4.79 Å². The summed E-state index contributed by atoms with van der Waals surface area (Å²) >= 11 is 0. The lowest BCUT2D eigenvalue weighted by molar-refractivity contribution is 0.102. The molecule has 4 heteroatoms. The highest BCUT2D eigenvalue weighted by molar-refractivity contribution is 6.08. The third-order valence-corrected chi connectivity index (χ3v) is 4.53. The minimum absolute atomic E-state index is 0.169. The van der Waals surface area contributed by atoms with Gasteiger partial charge in [-0.2, -0.15) is 5.10 Å². The lowest BCUT2D eigenvalue weighted by Crippen LogP contribution is -2.12. The van der Waals surface area contributed by atoms with E-state index in [0.29, 0.717) is 11.4 Å². The molecule has 1 aromatic heterocycles. The number of nitrogens with one attached hydrogen (secondary N) is 2. The minimum atomic E-state index is -0.169. The summed E-state index contributed by atoms with van der Waals surface area (Å²) in [6.45, 7) is 4.20. The van der Waals surface area contributed by atoms with E-state index in [9.17, 15) is 4.79 Å². The number of hydrogen-bond donors (Lipinski definition) is 2. The average Bonchev–Trinajstić information content (AvgIpc) is 3.06. The summed E-state index contributed by atoms with van der Waals surface area (Å²) in [5, 5.41) is 11.1. The van der Waals surface area contributed by atoms with Gasteiger partial charge in [0.15, 0.2) is 5.82 Å². The zero-order valence-corrected chi connectivity index (χ0v) is 14.7. The van der Waals surface area contributed by atoms with Crippen LogP contribution in [-0.4, -0.2) is 16.1 Å². The smallest absolute Gasteiger partial charge is 0.256 e. The van der Waals surface area contributed by atoms with Gasteiger partial charge in [-0.05, 0) is 54.8 Å². The number of carbonyl (C=O) groups excluding carboxylic acids is 1. The standard InChI is InChI=1S/C22H19N3O/c1-14-8-9-15(2)19(12-14)17-10-11-18-20(13-17)24-25-21(18)23-22(26)16-6-4-3-5-7-16/h3-13H,1-2H3,(H2,23,24,25,26). The molecule has 128 valence electrons. The monoisotopic (exact) mass is 341 g/mol. The van der Waals surface area contributed by atoms with Crippen LogP contribution in [0.4, 0.5) is 5.82 Å². The fourth-order valence-corrected chi connectivity index (χ4v) is 3.10. The molecular formula is C22H19N3O. The van der Waals surface area contributed by atoms with Crippen molar-refractivity contribution in [2.45, 2.75) is 13.8 Å². The highest BCUT2D eigenvalue weighted by Gasteiger charge is 2.12. The first-order valence-electron chi connectivity index (χ1n) is 8.54. The summed E-state index contributed by atoms with van der Waals surface area (Å²) in [4.78, 5) is 12.4. The Kier molecular flexibility index (Phi) is 4.01. The van der Waals surface area contributed by atoms with Gasteiger partial charge < -0.3 is 5.32 Å². The Bertz CT molecular complexity index is 1100. The molecule has 3 aromatic carbocycles. The van der Waals surface area contributed by atoms with E-state index in [4.69, 9.17) is 0 Å². The van der Waals surface area contributed by atoms with Crippen molar-refractivity contribution in [1.82, 2.24) is 10.2 Å². The van der Waals surface area contributed by atoms with Crippen LogP contribution in [0.1, 0.15) is 21.5 Å². The Balaban J connectivity index is 1.68. The summed E-state index contributed by atoms with van der Waals surface area (Å²) in [6.07, 6.45) is 0. The molecule has 0 atom stereocenters. The predicted molar refractivity (Wildman–Crippen MR) is 105 cm³/mol. The molecule has 0 saturated carbocycles. The van der Waals surface area contributed by atoms with Crippen LogP contribution < -0.4 is 5.32 Å². The van der Waals surface area contributed by atoms with E-state index in [0.717, 1.165) is 16.5 Å². The molecule has 0 fully saturated rings. The first-order chi connectivity index (χ1) is 12.6. The fraction of sp³-hybridized carbons (Fsp3) is 0.0909. The van der Waals surface area contributed by atoms with Gasteiger partial charge in [0.2, 0.25) is 0 Å². The van der Waals surface area contributed by atoms with Gasteiger partial charge in [-0.3, -0.25) is 9.89 Å². The summed E-state index contributed by atoms with van der Waals surface area (Å²) in [5.74, 6) is 0.374. The van der Waals surface area contributed by atoms with Gasteiger partial charge in [-0.1, -0.05) is 48.0 Å². The number of aromatic nitrogens is 2. The van der Waals surface area contributed by atoms with E-state index in [2.05, 4.69) is 59.7 Å². The van der Waals surface area contributed by atoms with Gasteiger partial charge in [0.05, 0.1) is 5.52 Å². The summed E-state index contributed by atoms with van der Waals surface area (Å²) < 4.78 is 0. The zero-order valence-electron chi connectivity index (χ0n) is 14.7. The molecule has 1 heterocycles. The Labute approximate surface area is 151 Å². The van der Waals surface area contributed by atoms with Gasteiger partial charge >= 0.3 is 0 Å². The Morgan fingerprint density at radius 2 is 1.77 bits per heavy atom. The largest absolute Gasteiger partial charge is 0.305 e. The van der Waals surface area contributed by atoms with Crippen LogP contribution in [0.25, 0.3) is 22.0 Å². The van der Waals surface area contributed by atoms with Gasteiger partial charge in [0.25, 0.3) is 5.91 Å². The van der Waals surface area contributed by atoms with Crippen molar-refractivity contribution in [1.29, 1.82) is 0 Å². The van der Waals surface area contributed by atoms with E-state index in [1.54, 1.807) is 12.1 Å². The molecule has 0 saturated heterocycles. The molecule has 26 heavy (non-hydrogen) atoms. The third-order valence-electron chi connectivity index (χ3n) is 4.53. The molecule has 0 aliphatic heterocycles. The van der Waals surface area contributed by atoms with Crippen molar-refractivity contribution in [2.24, 2.45) is 0 Å². The number of carbonyl (C=O) groups is 1. The highest BCUT2D eigenvalue weighted by atomic mass is 16.1. The molecule has 4 aromatic rings. The third kappa shape index (κ3) is 2.97. The van der Waals surface area contributed by atoms with Crippen LogP contribution >= 0.6 is 0 Å². The first kappa shape index (κ1) is 16.1. The maximum atomic E-state index is 12.4. The van der Waals surface area contributed by atoms with Gasteiger partial charge in [0.1, 0.15) is 0 Å². The van der Waals surface area contributed by atoms with Crippen molar-refractivity contribution >= 4 is 22.6 Å². The second kappa shape index (κ2) is 6.48. The fourth-order valence-electron chi connectivity index (χ4n) is 3.10. The Hall–Kier alpha value is -3.40. The van der Waals surface area contributed by atoms with E-state index in [1.807, 2.05) is 24.3 Å². The number of fused-ring (bicyclic) bond motifs is 1. The average molecular weight is 341 g/mol. The van der Waals surface area contributed by atoms with Crippen molar-refractivity contribution in [3.8, 4) is 11.1 Å². The molecule has 1 amide bonds. The second-order valence-electron chi connectivity index (χ2n) is 6.47. The van der Waals surface area contributed by atoms with Gasteiger partial charge in [-0.15, -0.1) is 0 Å². The Morgan fingerprint density at radius 1 is 0.962 bits per heavy atom. The number of amides is 1. The minimum Gasteiger partial charge on any atom is -0.305 e. The predicted octanol–water partition coefficient (Wildman–Crippen LogP) is 5.10. The van der Waals surface area contributed by atoms with E-state index in [-0.39, 0.29) is 5.91 Å². The number of rotatable bonds is 3. The molecule has 0 spiro atoms. The number of H-pyrrole nitrogens is 1. The summed E-state index contributed by atoms with van der Waals surface area (Å²) in [7, 11) is 0. The lowest BCUT2D eigenvalue weighted by atomic mass is 9.98. The summed E-state index contributed by atoms with van der Waals surface area (Å²) in [5.41, 5.74) is 6.29. The number of benzene rings is 3. The molecular weight excluding hydrogens is 322 g/mol. The number of nitrogens with zero attached hydrogens (tertiary/aromatic N) is 1. The normalized spacial score (nSPS) is 10.8.